The predicted octanol–water partition coefficient (Wildman–Crippen LogP) is 2.44. The highest BCUT2D eigenvalue weighted by molar-refractivity contribution is 14.0. The van der Waals surface area contributed by atoms with Crippen molar-refractivity contribution in [1.82, 2.24) is 15.5 Å². The number of nitrogens with one attached hydrogen (secondary N) is 2. The Morgan fingerprint density at radius 3 is 2.63 bits per heavy atom. The molecular formula is C14H31IN4. The van der Waals surface area contributed by atoms with E-state index in [1.165, 1.54) is 38.8 Å². The first-order valence-corrected chi connectivity index (χ1v) is 7.46. The van der Waals surface area contributed by atoms with E-state index < -0.39 is 0 Å². The molecular weight excluding hydrogens is 351 g/mol. The lowest BCUT2D eigenvalue weighted by Crippen LogP contribution is -2.41. The van der Waals surface area contributed by atoms with Crippen LogP contribution in [0.2, 0.25) is 0 Å². The van der Waals surface area contributed by atoms with Gasteiger partial charge in [0.25, 0.3) is 0 Å². The van der Waals surface area contributed by atoms with E-state index in [0.717, 1.165) is 31.5 Å². The molecule has 0 amide bonds. The molecule has 0 saturated carbocycles. The van der Waals surface area contributed by atoms with Crippen LogP contribution >= 0.6 is 24.0 Å². The standard InChI is InChI=1S/C14H30N4.HI/c1-4-9-16-14(15-3)17-10-7-12-18-11-6-5-8-13(18)2;/h13H,4-12H2,1-3H3,(H2,15,16,17);1H. The fraction of sp³-hybridized carbons (Fsp3) is 0.929. The van der Waals surface area contributed by atoms with Crippen LogP contribution in [-0.2, 0) is 0 Å². The predicted molar refractivity (Wildman–Crippen MR) is 94.6 cm³/mol. The van der Waals surface area contributed by atoms with Crippen molar-refractivity contribution in [3.63, 3.8) is 0 Å². The summed E-state index contributed by atoms with van der Waals surface area (Å²) >= 11 is 0. The van der Waals surface area contributed by atoms with Gasteiger partial charge in [-0.3, -0.25) is 4.99 Å². The highest BCUT2D eigenvalue weighted by atomic mass is 127. The number of likely N-dealkylation sites (tertiary alicyclic amines) is 1. The van der Waals surface area contributed by atoms with Gasteiger partial charge in [-0.2, -0.15) is 0 Å². The van der Waals surface area contributed by atoms with Gasteiger partial charge in [0.05, 0.1) is 0 Å². The molecule has 4 nitrogen and oxygen atoms in total. The van der Waals surface area contributed by atoms with Crippen LogP contribution in [0.25, 0.3) is 0 Å². The Kier molecular flexibility index (Phi) is 11.7. The zero-order valence-corrected chi connectivity index (χ0v) is 15.1. The smallest absolute Gasteiger partial charge is 0.190 e. The fourth-order valence-electron chi connectivity index (χ4n) is 2.44. The quantitative estimate of drug-likeness (QED) is 0.321. The van der Waals surface area contributed by atoms with E-state index in [1.807, 2.05) is 7.05 Å². The summed E-state index contributed by atoms with van der Waals surface area (Å²) in [6.07, 6.45) is 6.47. The molecule has 1 aliphatic rings. The van der Waals surface area contributed by atoms with E-state index in [9.17, 15) is 0 Å². The molecule has 0 spiro atoms. The van der Waals surface area contributed by atoms with E-state index in [1.54, 1.807) is 0 Å². The first kappa shape index (κ1) is 19.0. The van der Waals surface area contributed by atoms with Crippen molar-refractivity contribution in [3.05, 3.63) is 0 Å². The van der Waals surface area contributed by atoms with Crippen molar-refractivity contribution in [2.45, 2.75) is 52.0 Å². The first-order valence-electron chi connectivity index (χ1n) is 7.46. The Morgan fingerprint density at radius 2 is 2.00 bits per heavy atom. The molecule has 1 aliphatic heterocycles. The first-order chi connectivity index (χ1) is 8.77. The maximum Gasteiger partial charge on any atom is 0.190 e. The molecule has 5 heteroatoms. The summed E-state index contributed by atoms with van der Waals surface area (Å²) in [5.74, 6) is 0.934. The average molecular weight is 382 g/mol. The Balaban J connectivity index is 0.00000324. The van der Waals surface area contributed by atoms with E-state index in [-0.39, 0.29) is 24.0 Å². The molecule has 0 aromatic rings. The minimum Gasteiger partial charge on any atom is -0.356 e. The Hall–Kier alpha value is -0.0400. The van der Waals surface area contributed by atoms with Crippen LogP contribution < -0.4 is 10.6 Å². The van der Waals surface area contributed by atoms with Crippen LogP contribution in [0, 0.1) is 0 Å². The molecule has 19 heavy (non-hydrogen) atoms. The number of hydrogen-bond acceptors (Lipinski definition) is 2. The summed E-state index contributed by atoms with van der Waals surface area (Å²) in [7, 11) is 1.83. The second-order valence-electron chi connectivity index (χ2n) is 5.16. The molecule has 0 aromatic heterocycles. The SMILES string of the molecule is CCCNC(=NC)NCCCN1CCCCC1C.I. The largest absolute Gasteiger partial charge is 0.356 e. The number of guanidine groups is 1. The van der Waals surface area contributed by atoms with E-state index >= 15 is 0 Å². The van der Waals surface area contributed by atoms with Crippen LogP contribution in [0.1, 0.15) is 46.0 Å². The summed E-state index contributed by atoms with van der Waals surface area (Å²) in [6.45, 7) is 9.00. The van der Waals surface area contributed by atoms with E-state index in [4.69, 9.17) is 0 Å². The molecule has 1 fully saturated rings. The van der Waals surface area contributed by atoms with Gasteiger partial charge in [0.2, 0.25) is 0 Å². The highest BCUT2D eigenvalue weighted by Crippen LogP contribution is 2.15. The van der Waals surface area contributed by atoms with Crippen LogP contribution in [0.15, 0.2) is 4.99 Å². The van der Waals surface area contributed by atoms with Gasteiger partial charge in [-0.15, -0.1) is 24.0 Å². The molecule has 0 aromatic carbocycles. The zero-order chi connectivity index (χ0) is 13.2. The normalized spacial score (nSPS) is 20.8. The van der Waals surface area contributed by atoms with Crippen molar-refractivity contribution in [2.24, 2.45) is 4.99 Å². The Bertz CT molecular complexity index is 246. The number of nitrogens with zero attached hydrogens (tertiary/aromatic N) is 2. The van der Waals surface area contributed by atoms with Crippen LogP contribution in [0.3, 0.4) is 0 Å². The number of piperidine rings is 1. The minimum atomic E-state index is 0. The number of rotatable bonds is 6. The van der Waals surface area contributed by atoms with Gasteiger partial charge in [0, 0.05) is 32.7 Å². The summed E-state index contributed by atoms with van der Waals surface area (Å²) in [4.78, 5) is 6.82. The molecule has 1 heterocycles. The lowest BCUT2D eigenvalue weighted by Gasteiger charge is -2.33. The Morgan fingerprint density at radius 1 is 1.26 bits per heavy atom. The second-order valence-corrected chi connectivity index (χ2v) is 5.16. The molecule has 1 atom stereocenters. The van der Waals surface area contributed by atoms with Gasteiger partial charge in [0.15, 0.2) is 5.96 Å². The molecule has 0 bridgehead atoms. The molecule has 1 saturated heterocycles. The maximum absolute atomic E-state index is 4.21. The van der Waals surface area contributed by atoms with Crippen LogP contribution in [-0.4, -0.2) is 50.1 Å². The summed E-state index contributed by atoms with van der Waals surface area (Å²) in [6, 6.07) is 0.774. The van der Waals surface area contributed by atoms with Crippen molar-refractivity contribution < 1.29 is 0 Å². The van der Waals surface area contributed by atoms with E-state index in [0.29, 0.717) is 0 Å². The molecule has 1 rings (SSSR count). The Labute approximate surface area is 135 Å². The molecule has 114 valence electrons. The highest BCUT2D eigenvalue weighted by Gasteiger charge is 2.16. The lowest BCUT2D eigenvalue weighted by atomic mass is 10.0. The van der Waals surface area contributed by atoms with Gasteiger partial charge in [0.1, 0.15) is 0 Å². The monoisotopic (exact) mass is 382 g/mol. The van der Waals surface area contributed by atoms with Crippen molar-refractivity contribution in [1.29, 1.82) is 0 Å². The zero-order valence-electron chi connectivity index (χ0n) is 12.7. The van der Waals surface area contributed by atoms with Gasteiger partial charge in [-0.1, -0.05) is 13.3 Å². The van der Waals surface area contributed by atoms with Crippen molar-refractivity contribution in [3.8, 4) is 0 Å². The molecule has 0 radical (unpaired) electrons. The van der Waals surface area contributed by atoms with Gasteiger partial charge in [-0.25, -0.2) is 0 Å². The van der Waals surface area contributed by atoms with Crippen molar-refractivity contribution in [2.75, 3.05) is 33.2 Å². The van der Waals surface area contributed by atoms with Crippen molar-refractivity contribution >= 4 is 29.9 Å². The minimum absolute atomic E-state index is 0. The second kappa shape index (κ2) is 11.8. The molecule has 2 N–H and O–H groups in total. The topological polar surface area (TPSA) is 39.7 Å². The third kappa shape index (κ3) is 7.97. The van der Waals surface area contributed by atoms with Crippen LogP contribution in [0.5, 0.6) is 0 Å². The summed E-state index contributed by atoms with van der Waals surface area (Å²) in [5.41, 5.74) is 0. The lowest BCUT2D eigenvalue weighted by molar-refractivity contribution is 0.159. The number of aliphatic imine (C=N–C) groups is 1. The number of halogens is 1. The average Bonchev–Trinajstić information content (AvgIpc) is 2.40. The van der Waals surface area contributed by atoms with Crippen LogP contribution in [0.4, 0.5) is 0 Å². The molecule has 1 unspecified atom stereocenters. The maximum atomic E-state index is 4.21. The van der Waals surface area contributed by atoms with Gasteiger partial charge in [-0.05, 0) is 39.2 Å². The van der Waals surface area contributed by atoms with Gasteiger partial charge >= 0.3 is 0 Å². The fourth-order valence-corrected chi connectivity index (χ4v) is 2.44. The van der Waals surface area contributed by atoms with E-state index in [2.05, 4.69) is 34.4 Å². The summed E-state index contributed by atoms with van der Waals surface area (Å²) < 4.78 is 0. The molecule has 0 aliphatic carbocycles. The summed E-state index contributed by atoms with van der Waals surface area (Å²) in [5, 5.41) is 6.66. The third-order valence-electron chi connectivity index (χ3n) is 3.62. The number of hydrogen-bond donors (Lipinski definition) is 2. The third-order valence-corrected chi connectivity index (χ3v) is 3.62. The van der Waals surface area contributed by atoms with Gasteiger partial charge < -0.3 is 15.5 Å².